The Kier molecular flexibility index (Phi) is 5.33. The smallest absolute Gasteiger partial charge is 0.269 e. The van der Waals surface area contributed by atoms with Crippen LogP contribution in [0.2, 0.25) is 0 Å². The lowest BCUT2D eigenvalue weighted by Crippen LogP contribution is -2.24. The molecule has 0 saturated heterocycles. The van der Waals surface area contributed by atoms with Gasteiger partial charge in [-0.25, -0.2) is 4.68 Å². The molecule has 5 rings (SSSR count). The van der Waals surface area contributed by atoms with Gasteiger partial charge >= 0.3 is 0 Å². The highest BCUT2D eigenvalue weighted by atomic mass is 16.6. The van der Waals surface area contributed by atoms with Gasteiger partial charge in [0.15, 0.2) is 0 Å². The third-order valence-corrected chi connectivity index (χ3v) is 6.15. The van der Waals surface area contributed by atoms with Gasteiger partial charge in [-0.2, -0.15) is 5.10 Å². The van der Waals surface area contributed by atoms with Crippen molar-refractivity contribution in [3.05, 3.63) is 111 Å². The topological polar surface area (TPSA) is 86.2 Å². The molecule has 0 unspecified atom stereocenters. The van der Waals surface area contributed by atoms with Crippen LogP contribution in [-0.4, -0.2) is 30.1 Å². The first kappa shape index (κ1) is 21.4. The minimum Gasteiger partial charge on any atom is -0.329 e. The van der Waals surface area contributed by atoms with Gasteiger partial charge in [-0.15, -0.1) is 0 Å². The molecule has 34 heavy (non-hydrogen) atoms. The summed E-state index contributed by atoms with van der Waals surface area (Å²) in [6.45, 7) is 5.05. The van der Waals surface area contributed by atoms with E-state index < -0.39 is 4.92 Å². The van der Waals surface area contributed by atoms with E-state index in [4.69, 9.17) is 5.10 Å². The van der Waals surface area contributed by atoms with Gasteiger partial charge in [0.25, 0.3) is 5.69 Å². The molecule has 0 radical (unpaired) electrons. The Morgan fingerprint density at radius 3 is 2.44 bits per heavy atom. The van der Waals surface area contributed by atoms with Crippen LogP contribution in [0.1, 0.15) is 27.9 Å². The fraction of sp³-hybridized carbons (Fsp3) is 0.154. The summed E-state index contributed by atoms with van der Waals surface area (Å²) in [7, 11) is 0. The largest absolute Gasteiger partial charge is 0.329 e. The van der Waals surface area contributed by atoms with Gasteiger partial charge in [0, 0.05) is 36.2 Å². The number of aryl methyl sites for hydroxylation is 2. The first-order chi connectivity index (χ1) is 16.4. The SMILES string of the molecule is Cc1ccc(-n2nc3c(c2-n2cccc2)CN(C(=O)/C=C/c2ccc([N+](=O)[O-])cc2)C3)cc1C. The summed E-state index contributed by atoms with van der Waals surface area (Å²) in [5.74, 6) is 0.797. The minimum atomic E-state index is -0.445. The number of hydrogen-bond donors (Lipinski definition) is 0. The van der Waals surface area contributed by atoms with Crippen LogP contribution in [0.25, 0.3) is 17.6 Å². The zero-order valence-electron chi connectivity index (χ0n) is 18.9. The molecule has 4 aromatic rings. The third-order valence-electron chi connectivity index (χ3n) is 6.15. The maximum atomic E-state index is 12.9. The number of benzene rings is 2. The Morgan fingerprint density at radius 1 is 1.03 bits per heavy atom. The number of carbonyl (C=O) groups is 1. The van der Waals surface area contributed by atoms with Crippen molar-refractivity contribution >= 4 is 17.7 Å². The van der Waals surface area contributed by atoms with E-state index in [2.05, 4.69) is 32.0 Å². The summed E-state index contributed by atoms with van der Waals surface area (Å²) in [4.78, 5) is 25.0. The minimum absolute atomic E-state index is 0.0201. The predicted molar refractivity (Wildman–Crippen MR) is 129 cm³/mol. The van der Waals surface area contributed by atoms with E-state index in [1.54, 1.807) is 23.1 Å². The maximum Gasteiger partial charge on any atom is 0.269 e. The Hall–Kier alpha value is -4.46. The molecule has 3 heterocycles. The first-order valence-corrected chi connectivity index (χ1v) is 10.9. The van der Waals surface area contributed by atoms with Crippen LogP contribution in [0.3, 0.4) is 0 Å². The third kappa shape index (κ3) is 3.90. The van der Waals surface area contributed by atoms with E-state index >= 15 is 0 Å². The number of carbonyl (C=O) groups excluding carboxylic acids is 1. The molecule has 170 valence electrons. The molecule has 2 aromatic carbocycles. The highest BCUT2D eigenvalue weighted by Gasteiger charge is 2.30. The average Bonchev–Trinajstić information content (AvgIpc) is 3.56. The van der Waals surface area contributed by atoms with Crippen molar-refractivity contribution in [1.29, 1.82) is 0 Å². The molecular formula is C26H23N5O3. The molecule has 0 bridgehead atoms. The quantitative estimate of drug-likeness (QED) is 0.248. The van der Waals surface area contributed by atoms with Gasteiger partial charge in [-0.1, -0.05) is 6.07 Å². The second-order valence-corrected chi connectivity index (χ2v) is 8.40. The Balaban J connectivity index is 1.41. The Morgan fingerprint density at radius 2 is 1.76 bits per heavy atom. The van der Waals surface area contributed by atoms with E-state index in [9.17, 15) is 14.9 Å². The maximum absolute atomic E-state index is 12.9. The summed E-state index contributed by atoms with van der Waals surface area (Å²) in [5.41, 5.74) is 6.04. The number of nitro groups is 1. The number of rotatable bonds is 5. The van der Waals surface area contributed by atoms with Gasteiger partial charge in [-0.05, 0) is 73.0 Å². The zero-order chi connectivity index (χ0) is 23.8. The van der Waals surface area contributed by atoms with Crippen LogP contribution in [0.4, 0.5) is 5.69 Å². The standard InChI is InChI=1S/C26H23N5O3/c1-18-5-9-22(15-19(18)2)30-26(28-13-3-4-14-28)23-16-29(17-24(23)27-30)25(32)12-8-20-6-10-21(11-7-20)31(33)34/h3-15H,16-17H2,1-2H3/b12-8+. The molecule has 1 amide bonds. The monoisotopic (exact) mass is 453 g/mol. The van der Waals surface area contributed by atoms with Crippen molar-refractivity contribution in [3.8, 4) is 11.5 Å². The zero-order valence-corrected chi connectivity index (χ0v) is 18.9. The molecule has 8 nitrogen and oxygen atoms in total. The van der Waals surface area contributed by atoms with Crippen molar-refractivity contribution < 1.29 is 9.72 Å². The molecule has 0 saturated carbocycles. The van der Waals surface area contributed by atoms with Crippen molar-refractivity contribution in [3.63, 3.8) is 0 Å². The Bertz CT molecular complexity index is 1420. The van der Waals surface area contributed by atoms with Crippen LogP contribution in [-0.2, 0) is 17.9 Å². The van der Waals surface area contributed by atoms with Crippen LogP contribution < -0.4 is 0 Å². The second-order valence-electron chi connectivity index (χ2n) is 8.40. The van der Waals surface area contributed by atoms with Crippen LogP contribution in [0.5, 0.6) is 0 Å². The predicted octanol–water partition coefficient (Wildman–Crippen LogP) is 4.74. The number of nitrogens with zero attached hydrogens (tertiary/aromatic N) is 5. The molecule has 0 spiro atoms. The van der Waals surface area contributed by atoms with E-state index in [-0.39, 0.29) is 11.6 Å². The summed E-state index contributed by atoms with van der Waals surface area (Å²) < 4.78 is 3.98. The van der Waals surface area contributed by atoms with Crippen molar-refractivity contribution in [2.45, 2.75) is 26.9 Å². The molecule has 0 aliphatic carbocycles. The average molecular weight is 454 g/mol. The highest BCUT2D eigenvalue weighted by molar-refractivity contribution is 5.92. The lowest BCUT2D eigenvalue weighted by atomic mass is 10.1. The molecule has 2 aromatic heterocycles. The molecule has 0 fully saturated rings. The molecule has 1 aliphatic heterocycles. The molecule has 1 aliphatic rings. The number of nitro benzene ring substituents is 1. The number of fused-ring (bicyclic) bond motifs is 1. The van der Waals surface area contributed by atoms with Crippen LogP contribution in [0.15, 0.2) is 73.1 Å². The molecular weight excluding hydrogens is 430 g/mol. The lowest BCUT2D eigenvalue weighted by Gasteiger charge is -2.16. The fourth-order valence-electron chi connectivity index (χ4n) is 4.12. The van der Waals surface area contributed by atoms with Crippen molar-refractivity contribution in [2.75, 3.05) is 0 Å². The van der Waals surface area contributed by atoms with E-state index in [1.807, 2.05) is 33.8 Å². The van der Waals surface area contributed by atoms with E-state index in [0.29, 0.717) is 13.1 Å². The number of aromatic nitrogens is 3. The normalized spacial score (nSPS) is 12.9. The number of non-ortho nitro benzene ring substituents is 1. The lowest BCUT2D eigenvalue weighted by molar-refractivity contribution is -0.384. The van der Waals surface area contributed by atoms with Gasteiger partial charge in [0.1, 0.15) is 5.82 Å². The summed E-state index contributed by atoms with van der Waals surface area (Å²) >= 11 is 0. The Labute approximate surface area is 196 Å². The van der Waals surface area contributed by atoms with Gasteiger partial charge in [0.2, 0.25) is 5.91 Å². The highest BCUT2D eigenvalue weighted by Crippen LogP contribution is 2.31. The van der Waals surface area contributed by atoms with Gasteiger partial charge in [-0.3, -0.25) is 14.9 Å². The molecule has 0 N–H and O–H groups in total. The summed E-state index contributed by atoms with van der Waals surface area (Å²) in [6.07, 6.45) is 7.13. The van der Waals surface area contributed by atoms with Crippen molar-refractivity contribution in [2.24, 2.45) is 0 Å². The van der Waals surface area contributed by atoms with E-state index in [0.717, 1.165) is 28.3 Å². The number of amides is 1. The second kappa shape index (κ2) is 8.47. The van der Waals surface area contributed by atoms with Gasteiger partial charge < -0.3 is 9.47 Å². The van der Waals surface area contributed by atoms with Gasteiger partial charge in [0.05, 0.1) is 29.4 Å². The van der Waals surface area contributed by atoms with E-state index in [1.165, 1.54) is 29.3 Å². The number of hydrogen-bond acceptors (Lipinski definition) is 4. The fourth-order valence-corrected chi connectivity index (χ4v) is 4.12. The summed E-state index contributed by atoms with van der Waals surface area (Å²) in [6, 6.07) is 16.3. The van der Waals surface area contributed by atoms with Crippen LogP contribution in [0, 0.1) is 24.0 Å². The molecule has 8 heteroatoms. The van der Waals surface area contributed by atoms with Crippen LogP contribution >= 0.6 is 0 Å². The first-order valence-electron chi connectivity index (χ1n) is 10.9. The summed E-state index contributed by atoms with van der Waals surface area (Å²) in [5, 5.41) is 15.7. The van der Waals surface area contributed by atoms with Crippen molar-refractivity contribution in [1.82, 2.24) is 19.2 Å². The molecule has 0 atom stereocenters.